The molecule has 1 rings (SSSR count). The van der Waals surface area contributed by atoms with Crippen molar-refractivity contribution in [2.24, 2.45) is 0 Å². The van der Waals surface area contributed by atoms with Gasteiger partial charge in [-0.1, -0.05) is 0 Å². The predicted octanol–water partition coefficient (Wildman–Crippen LogP) is -0.938. The summed E-state index contributed by atoms with van der Waals surface area (Å²) in [6, 6.07) is 8.19. The van der Waals surface area contributed by atoms with Gasteiger partial charge in [0.2, 0.25) is 0 Å². The van der Waals surface area contributed by atoms with Gasteiger partial charge in [0.1, 0.15) is 5.75 Å². The molecule has 0 unspecified atom stereocenters. The molecule has 0 heterocycles. The zero-order chi connectivity index (χ0) is 8.27. The lowest BCUT2D eigenvalue weighted by Crippen LogP contribution is -2.13. The van der Waals surface area contributed by atoms with Crippen LogP contribution in [0, 0.1) is 0 Å². The van der Waals surface area contributed by atoms with Crippen molar-refractivity contribution in [3.8, 4) is 5.75 Å². The van der Waals surface area contributed by atoms with E-state index in [1.807, 2.05) is 12.1 Å². The first-order chi connectivity index (χ1) is 5.24. The Morgan fingerprint density at radius 3 is 2.09 bits per heavy atom. The van der Waals surface area contributed by atoms with Gasteiger partial charge in [-0.05, 0) is 24.3 Å². The van der Waals surface area contributed by atoms with Crippen molar-refractivity contribution in [1.29, 1.82) is 0 Å². The Kier molecular flexibility index (Phi) is 2.72. The number of ether oxygens (including phenoxy) is 1. The Hall–Kier alpha value is -0.746. The standard InChI is InChI=1S/C7H13NOSi2/c1-9-7-4-2-6(3-5-7)8(10)11/h2-5H,1,10-11H3. The summed E-state index contributed by atoms with van der Waals surface area (Å²) < 4.78 is 7.39. The first-order valence-corrected chi connectivity index (χ1v) is 5.34. The summed E-state index contributed by atoms with van der Waals surface area (Å²) in [7, 11) is 3.91. The molecule has 60 valence electrons. The van der Waals surface area contributed by atoms with Crippen LogP contribution >= 0.6 is 0 Å². The molecule has 0 saturated carbocycles. The topological polar surface area (TPSA) is 12.5 Å². The van der Waals surface area contributed by atoms with Gasteiger partial charge < -0.3 is 8.97 Å². The van der Waals surface area contributed by atoms with Gasteiger partial charge >= 0.3 is 0 Å². The molecule has 0 aliphatic rings. The highest BCUT2D eigenvalue weighted by Gasteiger charge is 1.93. The Labute approximate surface area is 73.2 Å². The van der Waals surface area contributed by atoms with Gasteiger partial charge in [-0.2, -0.15) is 0 Å². The number of nitrogens with zero attached hydrogens (tertiary/aromatic N) is 1. The molecule has 4 heteroatoms. The Morgan fingerprint density at radius 1 is 1.18 bits per heavy atom. The second-order valence-corrected chi connectivity index (χ2v) is 7.06. The maximum atomic E-state index is 5.05. The molecule has 0 radical (unpaired) electrons. The van der Waals surface area contributed by atoms with Crippen LogP contribution in [0.1, 0.15) is 0 Å². The number of anilines is 1. The van der Waals surface area contributed by atoms with Crippen molar-refractivity contribution in [1.82, 2.24) is 0 Å². The van der Waals surface area contributed by atoms with Crippen molar-refractivity contribution < 1.29 is 4.74 Å². The monoisotopic (exact) mass is 183 g/mol. The van der Waals surface area contributed by atoms with E-state index in [9.17, 15) is 0 Å². The second kappa shape index (κ2) is 3.59. The largest absolute Gasteiger partial charge is 0.497 e. The third-order valence-corrected chi connectivity index (χ3v) is 2.62. The minimum atomic E-state index is 0.930. The van der Waals surface area contributed by atoms with E-state index in [4.69, 9.17) is 4.74 Å². The molecule has 0 atom stereocenters. The van der Waals surface area contributed by atoms with Crippen LogP contribution in [-0.2, 0) is 0 Å². The third kappa shape index (κ3) is 2.09. The third-order valence-electron chi connectivity index (χ3n) is 1.59. The molecular weight excluding hydrogens is 170 g/mol. The van der Waals surface area contributed by atoms with Gasteiger partial charge in [0.15, 0.2) is 0 Å². The second-order valence-electron chi connectivity index (χ2n) is 2.59. The van der Waals surface area contributed by atoms with E-state index in [1.54, 1.807) is 7.11 Å². The number of hydrogen-bond acceptors (Lipinski definition) is 2. The van der Waals surface area contributed by atoms with Crippen molar-refractivity contribution in [2.75, 3.05) is 11.3 Å². The minimum absolute atomic E-state index is 0.930. The van der Waals surface area contributed by atoms with Crippen LogP contribution in [0.25, 0.3) is 0 Å². The van der Waals surface area contributed by atoms with Gasteiger partial charge in [0.25, 0.3) is 0 Å². The summed E-state index contributed by atoms with van der Waals surface area (Å²) >= 11 is 0. The maximum absolute atomic E-state index is 5.05. The summed E-state index contributed by atoms with van der Waals surface area (Å²) in [5.74, 6) is 0.930. The fraction of sp³-hybridized carbons (Fsp3) is 0.143. The van der Waals surface area contributed by atoms with Crippen molar-refractivity contribution in [3.63, 3.8) is 0 Å². The highest BCUT2D eigenvalue weighted by Crippen LogP contribution is 2.15. The van der Waals surface area contributed by atoms with Gasteiger partial charge in [-0.3, -0.25) is 0 Å². The normalized spacial score (nSPS) is 9.91. The van der Waals surface area contributed by atoms with Crippen LogP contribution in [0.5, 0.6) is 5.75 Å². The van der Waals surface area contributed by atoms with E-state index in [0.29, 0.717) is 0 Å². The predicted molar refractivity (Wildman–Crippen MR) is 55.4 cm³/mol. The Balaban J connectivity index is 2.83. The van der Waals surface area contributed by atoms with E-state index in [0.717, 1.165) is 26.6 Å². The first-order valence-electron chi connectivity index (χ1n) is 3.55. The van der Waals surface area contributed by atoms with Gasteiger partial charge in [0.05, 0.1) is 27.9 Å². The van der Waals surface area contributed by atoms with E-state index in [1.165, 1.54) is 5.69 Å². The molecule has 0 aliphatic heterocycles. The van der Waals surface area contributed by atoms with Crippen LogP contribution in [0.15, 0.2) is 24.3 Å². The Bertz CT molecular complexity index is 222. The zero-order valence-corrected chi connectivity index (χ0v) is 11.2. The molecule has 0 N–H and O–H groups in total. The van der Waals surface area contributed by atoms with E-state index >= 15 is 0 Å². The van der Waals surface area contributed by atoms with Crippen LogP contribution in [0.2, 0.25) is 0 Å². The summed E-state index contributed by atoms with van der Waals surface area (Å²) in [5.41, 5.74) is 1.31. The SMILES string of the molecule is COc1ccc(N([SiH3])[SiH3])cc1. The van der Waals surface area contributed by atoms with Crippen molar-refractivity contribution in [2.45, 2.75) is 0 Å². The van der Waals surface area contributed by atoms with Gasteiger partial charge in [-0.15, -0.1) is 0 Å². The molecule has 1 aromatic carbocycles. The van der Waals surface area contributed by atoms with E-state index < -0.39 is 0 Å². The van der Waals surface area contributed by atoms with E-state index in [2.05, 4.69) is 16.4 Å². The molecule has 0 spiro atoms. The molecular formula is C7H13NOSi2. The maximum Gasteiger partial charge on any atom is 0.119 e. The lowest BCUT2D eigenvalue weighted by Gasteiger charge is -2.13. The zero-order valence-electron chi connectivity index (χ0n) is 7.16. The molecule has 0 fully saturated rings. The average molecular weight is 183 g/mol. The molecule has 0 saturated heterocycles. The Morgan fingerprint density at radius 2 is 1.73 bits per heavy atom. The lowest BCUT2D eigenvalue weighted by atomic mass is 10.3. The number of benzene rings is 1. The smallest absolute Gasteiger partial charge is 0.119 e. The van der Waals surface area contributed by atoms with Gasteiger partial charge in [0, 0.05) is 5.69 Å². The fourth-order valence-corrected chi connectivity index (χ4v) is 1.48. The van der Waals surface area contributed by atoms with Crippen molar-refractivity contribution >= 4 is 26.5 Å². The molecule has 2 nitrogen and oxygen atoms in total. The molecule has 0 amide bonds. The molecule has 1 aromatic rings. The van der Waals surface area contributed by atoms with Crippen LogP contribution in [0.3, 0.4) is 0 Å². The number of methoxy groups -OCH3 is 1. The summed E-state index contributed by atoms with van der Waals surface area (Å²) in [6.07, 6.45) is 0. The van der Waals surface area contributed by atoms with Crippen molar-refractivity contribution in [3.05, 3.63) is 24.3 Å². The quantitative estimate of drug-likeness (QED) is 0.549. The fourth-order valence-electron chi connectivity index (χ4n) is 0.880. The highest BCUT2D eigenvalue weighted by molar-refractivity contribution is 6.41. The summed E-state index contributed by atoms with van der Waals surface area (Å²) in [4.78, 5) is 0. The molecule has 0 aliphatic carbocycles. The average Bonchev–Trinajstić information content (AvgIpc) is 2.05. The van der Waals surface area contributed by atoms with E-state index in [-0.39, 0.29) is 0 Å². The van der Waals surface area contributed by atoms with Gasteiger partial charge in [-0.25, -0.2) is 0 Å². The number of hydrogen-bond donors (Lipinski definition) is 0. The highest BCUT2D eigenvalue weighted by atomic mass is 28.2. The molecule has 11 heavy (non-hydrogen) atoms. The lowest BCUT2D eigenvalue weighted by molar-refractivity contribution is 0.415. The summed E-state index contributed by atoms with van der Waals surface area (Å²) in [5, 5.41) is 0. The molecule has 0 bridgehead atoms. The van der Waals surface area contributed by atoms with Crippen LogP contribution in [-0.4, -0.2) is 27.9 Å². The minimum Gasteiger partial charge on any atom is -0.497 e. The van der Waals surface area contributed by atoms with Crippen LogP contribution in [0.4, 0.5) is 5.69 Å². The summed E-state index contributed by atoms with van der Waals surface area (Å²) in [6.45, 7) is 0. The number of rotatable bonds is 2. The molecule has 0 aromatic heterocycles. The van der Waals surface area contributed by atoms with Crippen LogP contribution < -0.4 is 8.97 Å². The first kappa shape index (κ1) is 8.35.